The van der Waals surface area contributed by atoms with E-state index in [4.69, 9.17) is 16.3 Å². The maximum absolute atomic E-state index is 13.3. The molecule has 4 rings (SSSR count). The van der Waals surface area contributed by atoms with E-state index in [9.17, 15) is 14.4 Å². The Morgan fingerprint density at radius 3 is 2.63 bits per heavy atom. The zero-order chi connectivity index (χ0) is 24.9. The third-order valence-corrected chi connectivity index (χ3v) is 6.60. The number of carbonyl (C=O) groups excluding carboxylic acids is 3. The molecule has 0 bridgehead atoms. The maximum atomic E-state index is 13.3. The van der Waals surface area contributed by atoms with Gasteiger partial charge in [0.2, 0.25) is 5.91 Å². The molecule has 1 fully saturated rings. The van der Waals surface area contributed by atoms with Gasteiger partial charge in [-0.1, -0.05) is 55.8 Å². The summed E-state index contributed by atoms with van der Waals surface area (Å²) >= 11 is 7.47. The van der Waals surface area contributed by atoms with Crippen molar-refractivity contribution in [3.8, 4) is 0 Å². The summed E-state index contributed by atoms with van der Waals surface area (Å²) in [5.74, 6) is -0.286. The van der Waals surface area contributed by atoms with E-state index in [1.807, 2.05) is 31.4 Å². The second-order valence-corrected chi connectivity index (χ2v) is 10.1. The molecule has 182 valence electrons. The zero-order valence-corrected chi connectivity index (χ0v) is 20.9. The van der Waals surface area contributed by atoms with Crippen molar-refractivity contribution in [2.75, 3.05) is 11.9 Å². The molecule has 7 nitrogen and oxygen atoms in total. The maximum Gasteiger partial charge on any atom is 0.411 e. The molecule has 1 saturated heterocycles. The van der Waals surface area contributed by atoms with Gasteiger partial charge >= 0.3 is 6.09 Å². The molecule has 0 saturated carbocycles. The largest absolute Gasteiger partial charge is 0.438 e. The first-order valence-electron chi connectivity index (χ1n) is 11.3. The van der Waals surface area contributed by atoms with Gasteiger partial charge in [-0.15, -0.1) is 11.3 Å². The number of rotatable bonds is 8. The highest BCUT2D eigenvalue weighted by Crippen LogP contribution is 2.35. The number of benzene rings is 2. The number of nitrogens with one attached hydrogen (secondary N) is 2. The lowest BCUT2D eigenvalue weighted by molar-refractivity contribution is -0.126. The van der Waals surface area contributed by atoms with Crippen LogP contribution in [0, 0.1) is 5.92 Å². The SMILES string of the molecule is CC(C)CNC(=O)[C@@H]1[C@H](c2cccc(NC(=O)c3cccs3)c2)OC(=O)N1Cc1cccc(Cl)c1. The molecular weight excluding hydrogens is 486 g/mol. The third-order valence-electron chi connectivity index (χ3n) is 5.50. The number of anilines is 1. The first-order chi connectivity index (χ1) is 16.8. The Labute approximate surface area is 213 Å². The summed E-state index contributed by atoms with van der Waals surface area (Å²) in [4.78, 5) is 40.7. The van der Waals surface area contributed by atoms with Crippen LogP contribution in [-0.2, 0) is 16.1 Å². The second-order valence-electron chi connectivity index (χ2n) is 8.70. The van der Waals surface area contributed by atoms with Crippen molar-refractivity contribution in [1.29, 1.82) is 0 Å². The molecule has 2 heterocycles. The van der Waals surface area contributed by atoms with E-state index in [0.717, 1.165) is 5.56 Å². The third kappa shape index (κ3) is 6.01. The van der Waals surface area contributed by atoms with E-state index in [1.165, 1.54) is 16.2 Å². The van der Waals surface area contributed by atoms with Gasteiger partial charge in [0, 0.05) is 17.3 Å². The highest BCUT2D eigenvalue weighted by Gasteiger charge is 2.47. The fraction of sp³-hybridized carbons (Fsp3) is 0.269. The topological polar surface area (TPSA) is 87.7 Å². The molecule has 2 atom stereocenters. The van der Waals surface area contributed by atoms with E-state index in [0.29, 0.717) is 27.7 Å². The van der Waals surface area contributed by atoms with E-state index in [-0.39, 0.29) is 24.3 Å². The number of nitrogens with zero attached hydrogens (tertiary/aromatic N) is 1. The Balaban J connectivity index is 1.61. The molecule has 3 aromatic rings. The molecule has 1 aliphatic rings. The molecule has 35 heavy (non-hydrogen) atoms. The molecule has 0 spiro atoms. The summed E-state index contributed by atoms with van der Waals surface area (Å²) in [6.45, 7) is 4.64. The fourth-order valence-electron chi connectivity index (χ4n) is 3.85. The summed E-state index contributed by atoms with van der Waals surface area (Å²) < 4.78 is 5.72. The van der Waals surface area contributed by atoms with Crippen LogP contribution in [0.3, 0.4) is 0 Å². The van der Waals surface area contributed by atoms with E-state index < -0.39 is 18.2 Å². The Kier molecular flexibility index (Phi) is 7.73. The van der Waals surface area contributed by atoms with Crippen LogP contribution in [0.25, 0.3) is 0 Å². The monoisotopic (exact) mass is 511 g/mol. The normalized spacial score (nSPS) is 17.4. The van der Waals surface area contributed by atoms with E-state index >= 15 is 0 Å². The van der Waals surface area contributed by atoms with Gasteiger partial charge in [-0.2, -0.15) is 0 Å². The number of cyclic esters (lactones) is 1. The fourth-order valence-corrected chi connectivity index (χ4v) is 4.68. The molecule has 1 aliphatic heterocycles. The molecule has 0 radical (unpaired) electrons. The molecule has 9 heteroatoms. The average Bonchev–Trinajstić information content (AvgIpc) is 3.47. The van der Waals surface area contributed by atoms with Crippen molar-refractivity contribution in [2.24, 2.45) is 5.92 Å². The molecule has 3 amide bonds. The second kappa shape index (κ2) is 10.9. The van der Waals surface area contributed by atoms with Crippen LogP contribution in [0.1, 0.15) is 40.8 Å². The lowest BCUT2D eigenvalue weighted by Crippen LogP contribution is -2.47. The summed E-state index contributed by atoms with van der Waals surface area (Å²) in [7, 11) is 0. The molecule has 0 unspecified atom stereocenters. The molecule has 2 aromatic carbocycles. The Morgan fingerprint density at radius 1 is 1.11 bits per heavy atom. The van der Waals surface area contributed by atoms with Crippen molar-refractivity contribution in [3.05, 3.63) is 87.1 Å². The average molecular weight is 512 g/mol. The van der Waals surface area contributed by atoms with Crippen molar-refractivity contribution in [1.82, 2.24) is 10.2 Å². The van der Waals surface area contributed by atoms with Gasteiger partial charge in [0.05, 0.1) is 11.4 Å². The van der Waals surface area contributed by atoms with Gasteiger partial charge in [0.1, 0.15) is 0 Å². The number of hydrogen-bond acceptors (Lipinski definition) is 5. The van der Waals surface area contributed by atoms with Gasteiger partial charge in [-0.3, -0.25) is 14.5 Å². The van der Waals surface area contributed by atoms with Crippen molar-refractivity contribution in [3.63, 3.8) is 0 Å². The predicted molar refractivity (Wildman–Crippen MR) is 137 cm³/mol. The van der Waals surface area contributed by atoms with E-state index in [2.05, 4.69) is 10.6 Å². The number of amides is 3. The number of ether oxygens (including phenoxy) is 1. The molecular formula is C26H26ClN3O4S. The van der Waals surface area contributed by atoms with Crippen LogP contribution < -0.4 is 10.6 Å². The van der Waals surface area contributed by atoms with Crippen molar-refractivity contribution >= 4 is 46.5 Å². The minimum Gasteiger partial charge on any atom is -0.438 e. The first kappa shape index (κ1) is 24.8. The summed E-state index contributed by atoms with van der Waals surface area (Å²) in [6.07, 6.45) is -1.43. The van der Waals surface area contributed by atoms with Crippen LogP contribution in [0.5, 0.6) is 0 Å². The van der Waals surface area contributed by atoms with Gasteiger partial charge in [0.25, 0.3) is 5.91 Å². The van der Waals surface area contributed by atoms with Gasteiger partial charge in [-0.25, -0.2) is 4.79 Å². The Hall–Kier alpha value is -3.36. The van der Waals surface area contributed by atoms with Crippen molar-refractivity contribution < 1.29 is 19.1 Å². The van der Waals surface area contributed by atoms with Crippen LogP contribution in [0.15, 0.2) is 66.0 Å². The number of thiophene rings is 1. The summed E-state index contributed by atoms with van der Waals surface area (Å²) in [5.41, 5.74) is 1.95. The minimum atomic E-state index is -0.886. The van der Waals surface area contributed by atoms with Crippen LogP contribution in [0.2, 0.25) is 5.02 Å². The predicted octanol–water partition coefficient (Wildman–Crippen LogP) is 5.49. The molecule has 0 aliphatic carbocycles. The van der Waals surface area contributed by atoms with Gasteiger partial charge < -0.3 is 15.4 Å². The van der Waals surface area contributed by atoms with E-state index in [1.54, 1.807) is 48.5 Å². The molecule has 1 aromatic heterocycles. The van der Waals surface area contributed by atoms with Gasteiger partial charge in [-0.05, 0) is 52.8 Å². The van der Waals surface area contributed by atoms with Crippen LogP contribution >= 0.6 is 22.9 Å². The Morgan fingerprint density at radius 2 is 1.91 bits per heavy atom. The summed E-state index contributed by atoms with van der Waals surface area (Å²) in [5, 5.41) is 8.17. The van der Waals surface area contributed by atoms with Crippen LogP contribution in [0.4, 0.5) is 10.5 Å². The minimum absolute atomic E-state index is 0.171. The highest BCUT2D eigenvalue weighted by atomic mass is 35.5. The number of carbonyl (C=O) groups is 3. The highest BCUT2D eigenvalue weighted by molar-refractivity contribution is 7.12. The van der Waals surface area contributed by atoms with Crippen LogP contribution in [-0.4, -0.2) is 35.4 Å². The first-order valence-corrected chi connectivity index (χ1v) is 12.5. The number of hydrogen-bond donors (Lipinski definition) is 2. The van der Waals surface area contributed by atoms with Gasteiger partial charge in [0.15, 0.2) is 12.1 Å². The lowest BCUT2D eigenvalue weighted by atomic mass is 10.00. The Bertz CT molecular complexity index is 1210. The zero-order valence-electron chi connectivity index (χ0n) is 19.4. The quantitative estimate of drug-likeness (QED) is 0.418. The van der Waals surface area contributed by atoms with Crippen molar-refractivity contribution in [2.45, 2.75) is 32.5 Å². The number of halogens is 1. The lowest BCUT2D eigenvalue weighted by Gasteiger charge is -2.25. The smallest absolute Gasteiger partial charge is 0.411 e. The standard InChI is InChI=1S/C26H26ClN3O4S/c1-16(2)14-28-25(32)22-23(34-26(33)30(22)15-17-6-3-8-19(27)12-17)18-7-4-9-20(13-18)29-24(31)21-10-5-11-35-21/h3-13,16,22-23H,14-15H2,1-2H3,(H,28,32)(H,29,31)/t22-,23-/m0/s1. The summed E-state index contributed by atoms with van der Waals surface area (Å²) in [6, 6.07) is 16.8. The molecule has 2 N–H and O–H groups in total.